The summed E-state index contributed by atoms with van der Waals surface area (Å²) in [6, 6.07) is 0.510. The van der Waals surface area contributed by atoms with Gasteiger partial charge in [0.05, 0.1) is 0 Å². The molecule has 0 amide bonds. The maximum Gasteiger partial charge on any atom is 0.217 e. The Morgan fingerprint density at radius 1 is 1.24 bits per heavy atom. The Kier molecular flexibility index (Phi) is 4.54. The zero-order valence-corrected chi connectivity index (χ0v) is 10.9. The molecule has 0 bridgehead atoms. The Bertz CT molecular complexity index is 329. The van der Waals surface area contributed by atoms with Crippen molar-refractivity contribution in [1.29, 1.82) is 0 Å². The topological polar surface area (TPSA) is 51.0 Å². The van der Waals surface area contributed by atoms with Crippen molar-refractivity contribution < 1.29 is 4.42 Å². The van der Waals surface area contributed by atoms with Gasteiger partial charge in [-0.1, -0.05) is 26.7 Å². The smallest absolute Gasteiger partial charge is 0.217 e. The van der Waals surface area contributed by atoms with Gasteiger partial charge in [-0.3, -0.25) is 0 Å². The van der Waals surface area contributed by atoms with Crippen LogP contribution in [0.5, 0.6) is 0 Å². The Morgan fingerprint density at radius 2 is 1.94 bits per heavy atom. The average molecular weight is 237 g/mol. The van der Waals surface area contributed by atoms with Crippen LogP contribution in [-0.4, -0.2) is 22.8 Å². The van der Waals surface area contributed by atoms with Gasteiger partial charge in [0.15, 0.2) is 0 Å². The third kappa shape index (κ3) is 4.11. The summed E-state index contributed by atoms with van der Waals surface area (Å²) in [6.07, 6.45) is 7.19. The summed E-state index contributed by atoms with van der Waals surface area (Å²) < 4.78 is 5.67. The summed E-state index contributed by atoms with van der Waals surface area (Å²) in [7, 11) is 0. The summed E-state index contributed by atoms with van der Waals surface area (Å²) in [5, 5.41) is 11.6. The largest absolute Gasteiger partial charge is 0.425 e. The highest BCUT2D eigenvalue weighted by atomic mass is 16.4. The van der Waals surface area contributed by atoms with E-state index in [0.717, 1.165) is 37.1 Å². The van der Waals surface area contributed by atoms with Crippen LogP contribution in [0.25, 0.3) is 0 Å². The second-order valence-electron chi connectivity index (χ2n) is 5.30. The van der Waals surface area contributed by atoms with Gasteiger partial charge in [0.1, 0.15) is 0 Å². The third-order valence-corrected chi connectivity index (χ3v) is 3.34. The molecule has 1 heterocycles. The van der Waals surface area contributed by atoms with Crippen molar-refractivity contribution in [2.24, 2.45) is 5.92 Å². The van der Waals surface area contributed by atoms with Gasteiger partial charge in [0, 0.05) is 25.4 Å². The molecule has 0 spiro atoms. The summed E-state index contributed by atoms with van der Waals surface area (Å²) in [4.78, 5) is 0. The van der Waals surface area contributed by atoms with Crippen molar-refractivity contribution >= 4 is 0 Å². The van der Waals surface area contributed by atoms with E-state index in [9.17, 15) is 0 Å². The average Bonchev–Trinajstić information content (AvgIpc) is 2.90. The molecule has 1 aromatic heterocycles. The highest BCUT2D eigenvalue weighted by molar-refractivity contribution is 4.86. The molecule has 96 valence electrons. The number of nitrogens with one attached hydrogen (secondary N) is 1. The fourth-order valence-corrected chi connectivity index (χ4v) is 2.40. The monoisotopic (exact) mass is 237 g/mol. The van der Waals surface area contributed by atoms with E-state index in [1.54, 1.807) is 0 Å². The van der Waals surface area contributed by atoms with Crippen LogP contribution in [0, 0.1) is 5.92 Å². The lowest BCUT2D eigenvalue weighted by Crippen LogP contribution is -2.25. The number of hydrogen-bond donors (Lipinski definition) is 1. The molecule has 0 unspecified atom stereocenters. The van der Waals surface area contributed by atoms with Crippen LogP contribution in [0.1, 0.15) is 51.3 Å². The van der Waals surface area contributed by atoms with Crippen molar-refractivity contribution in [2.75, 3.05) is 6.54 Å². The molecule has 1 aromatic rings. The zero-order valence-electron chi connectivity index (χ0n) is 10.9. The number of aromatic nitrogens is 2. The van der Waals surface area contributed by atoms with Gasteiger partial charge in [0.2, 0.25) is 11.8 Å². The third-order valence-electron chi connectivity index (χ3n) is 3.34. The van der Waals surface area contributed by atoms with E-state index in [4.69, 9.17) is 4.42 Å². The molecule has 0 aromatic carbocycles. The predicted molar refractivity (Wildman–Crippen MR) is 66.8 cm³/mol. The van der Waals surface area contributed by atoms with Crippen LogP contribution >= 0.6 is 0 Å². The second kappa shape index (κ2) is 6.15. The number of nitrogens with zero attached hydrogens (tertiary/aromatic N) is 2. The SMILES string of the molecule is CC(C)NCCc1nnc(CC2CCCC2)o1. The quantitative estimate of drug-likeness (QED) is 0.825. The van der Waals surface area contributed by atoms with Crippen LogP contribution in [0.15, 0.2) is 4.42 Å². The summed E-state index contributed by atoms with van der Waals surface area (Å²) >= 11 is 0. The van der Waals surface area contributed by atoms with Crippen LogP contribution in [0.4, 0.5) is 0 Å². The standard InChI is InChI=1S/C13H23N3O/c1-10(2)14-8-7-12-15-16-13(17-12)9-11-5-3-4-6-11/h10-11,14H,3-9H2,1-2H3. The first-order chi connectivity index (χ1) is 8.24. The lowest BCUT2D eigenvalue weighted by atomic mass is 10.0. The first-order valence-electron chi connectivity index (χ1n) is 6.78. The van der Waals surface area contributed by atoms with Crippen LogP contribution in [0.2, 0.25) is 0 Å². The molecule has 1 saturated carbocycles. The van der Waals surface area contributed by atoms with Gasteiger partial charge in [-0.2, -0.15) is 0 Å². The summed E-state index contributed by atoms with van der Waals surface area (Å²) in [5.74, 6) is 2.37. The van der Waals surface area contributed by atoms with Crippen LogP contribution in [-0.2, 0) is 12.8 Å². The van der Waals surface area contributed by atoms with Crippen molar-refractivity contribution in [1.82, 2.24) is 15.5 Å². The van der Waals surface area contributed by atoms with E-state index < -0.39 is 0 Å². The van der Waals surface area contributed by atoms with Crippen LogP contribution < -0.4 is 5.32 Å². The van der Waals surface area contributed by atoms with E-state index >= 15 is 0 Å². The van der Waals surface area contributed by atoms with E-state index in [1.807, 2.05) is 0 Å². The zero-order chi connectivity index (χ0) is 12.1. The highest BCUT2D eigenvalue weighted by Gasteiger charge is 2.18. The molecule has 4 heteroatoms. The maximum absolute atomic E-state index is 5.67. The van der Waals surface area contributed by atoms with Gasteiger partial charge >= 0.3 is 0 Å². The fraction of sp³-hybridized carbons (Fsp3) is 0.846. The van der Waals surface area contributed by atoms with E-state index in [-0.39, 0.29) is 0 Å². The van der Waals surface area contributed by atoms with E-state index in [1.165, 1.54) is 25.7 Å². The van der Waals surface area contributed by atoms with Crippen molar-refractivity contribution in [2.45, 2.75) is 58.4 Å². The van der Waals surface area contributed by atoms with E-state index in [2.05, 4.69) is 29.4 Å². The van der Waals surface area contributed by atoms with Gasteiger partial charge in [-0.15, -0.1) is 10.2 Å². The Morgan fingerprint density at radius 3 is 2.65 bits per heavy atom. The minimum absolute atomic E-state index is 0.510. The maximum atomic E-state index is 5.67. The molecule has 1 N–H and O–H groups in total. The number of rotatable bonds is 6. The van der Waals surface area contributed by atoms with Crippen molar-refractivity contribution in [3.8, 4) is 0 Å². The molecule has 0 radical (unpaired) electrons. The fourth-order valence-electron chi connectivity index (χ4n) is 2.40. The molecular weight excluding hydrogens is 214 g/mol. The lowest BCUT2D eigenvalue weighted by molar-refractivity contribution is 0.403. The molecule has 1 aliphatic carbocycles. The molecule has 0 saturated heterocycles. The van der Waals surface area contributed by atoms with Crippen LogP contribution in [0.3, 0.4) is 0 Å². The molecule has 1 aliphatic rings. The molecule has 2 rings (SSSR count). The van der Waals surface area contributed by atoms with Gasteiger partial charge in [-0.25, -0.2) is 0 Å². The second-order valence-corrected chi connectivity index (χ2v) is 5.30. The Labute approximate surface area is 103 Å². The van der Waals surface area contributed by atoms with Crippen molar-refractivity contribution in [3.63, 3.8) is 0 Å². The summed E-state index contributed by atoms with van der Waals surface area (Å²) in [5.41, 5.74) is 0. The Balaban J connectivity index is 1.75. The molecule has 1 fully saturated rings. The van der Waals surface area contributed by atoms with E-state index in [0.29, 0.717) is 6.04 Å². The van der Waals surface area contributed by atoms with Gasteiger partial charge in [0.25, 0.3) is 0 Å². The first-order valence-corrected chi connectivity index (χ1v) is 6.78. The molecular formula is C13H23N3O. The molecule has 0 aliphatic heterocycles. The predicted octanol–water partition coefficient (Wildman–Crippen LogP) is 2.34. The minimum atomic E-state index is 0.510. The molecule has 17 heavy (non-hydrogen) atoms. The normalized spacial score (nSPS) is 17.1. The van der Waals surface area contributed by atoms with Gasteiger partial charge in [-0.05, 0) is 18.8 Å². The molecule has 4 nitrogen and oxygen atoms in total. The Hall–Kier alpha value is -0.900. The summed E-state index contributed by atoms with van der Waals surface area (Å²) in [6.45, 7) is 5.18. The highest BCUT2D eigenvalue weighted by Crippen LogP contribution is 2.27. The van der Waals surface area contributed by atoms with Gasteiger partial charge < -0.3 is 9.73 Å². The van der Waals surface area contributed by atoms with Crippen molar-refractivity contribution in [3.05, 3.63) is 11.8 Å². The first kappa shape index (κ1) is 12.6. The minimum Gasteiger partial charge on any atom is -0.425 e. The lowest BCUT2D eigenvalue weighted by Gasteiger charge is -2.05. The number of hydrogen-bond acceptors (Lipinski definition) is 4. The molecule has 0 atom stereocenters.